The molecule has 0 amide bonds. The Labute approximate surface area is 159 Å². The molecule has 8 heteroatoms. The van der Waals surface area contributed by atoms with Crippen LogP contribution in [0.25, 0.3) is 11.3 Å². The molecule has 0 fully saturated rings. The number of aromatic hydroxyl groups is 1. The third kappa shape index (κ3) is 3.98. The minimum absolute atomic E-state index is 0.169. The summed E-state index contributed by atoms with van der Waals surface area (Å²) in [5, 5.41) is 27.4. The standard InChI is InChI=1S/C18H15N3O3S2/c1-10-4-2-3-5-12(10)14-9-26-18(20-14)21-17(25)19-11-6-7-13(16(23)24)15(22)8-11/h2-9,22H,1H3,(H,23,24)(H2,19,20,21,25). The van der Waals surface area contributed by atoms with Gasteiger partial charge in [0.15, 0.2) is 10.2 Å². The molecule has 1 heterocycles. The highest BCUT2D eigenvalue weighted by Crippen LogP contribution is 2.27. The van der Waals surface area contributed by atoms with E-state index in [9.17, 15) is 9.90 Å². The highest BCUT2D eigenvalue weighted by molar-refractivity contribution is 7.80. The number of anilines is 2. The van der Waals surface area contributed by atoms with Crippen molar-refractivity contribution in [2.75, 3.05) is 10.6 Å². The third-order valence-electron chi connectivity index (χ3n) is 3.63. The maximum Gasteiger partial charge on any atom is 0.339 e. The number of nitrogens with zero attached hydrogens (tertiary/aromatic N) is 1. The van der Waals surface area contributed by atoms with Crippen molar-refractivity contribution >= 4 is 45.5 Å². The Morgan fingerprint density at radius 1 is 1.19 bits per heavy atom. The molecule has 132 valence electrons. The van der Waals surface area contributed by atoms with Crippen LogP contribution >= 0.6 is 23.6 Å². The predicted octanol–water partition coefficient (Wildman–Crippen LogP) is 4.33. The Morgan fingerprint density at radius 2 is 1.96 bits per heavy atom. The Bertz CT molecular complexity index is 985. The van der Waals surface area contributed by atoms with Gasteiger partial charge < -0.3 is 20.8 Å². The molecule has 1 aromatic heterocycles. The summed E-state index contributed by atoms with van der Waals surface area (Å²) < 4.78 is 0. The number of thiocarbonyl (C=S) groups is 1. The second kappa shape index (κ2) is 7.51. The van der Waals surface area contributed by atoms with Crippen molar-refractivity contribution in [2.45, 2.75) is 6.92 Å². The molecular formula is C18H15N3O3S2. The third-order valence-corrected chi connectivity index (χ3v) is 4.59. The number of phenols is 1. The van der Waals surface area contributed by atoms with Crippen molar-refractivity contribution in [3.63, 3.8) is 0 Å². The fourth-order valence-corrected chi connectivity index (χ4v) is 3.36. The van der Waals surface area contributed by atoms with Gasteiger partial charge >= 0.3 is 5.97 Å². The lowest BCUT2D eigenvalue weighted by Crippen LogP contribution is -2.19. The average Bonchev–Trinajstić information content (AvgIpc) is 3.03. The van der Waals surface area contributed by atoms with E-state index in [1.54, 1.807) is 0 Å². The maximum absolute atomic E-state index is 10.9. The largest absolute Gasteiger partial charge is 0.507 e. The van der Waals surface area contributed by atoms with Gasteiger partial charge in [-0.2, -0.15) is 0 Å². The number of aromatic nitrogens is 1. The van der Waals surface area contributed by atoms with Crippen molar-refractivity contribution in [1.82, 2.24) is 4.98 Å². The number of hydrogen-bond donors (Lipinski definition) is 4. The molecule has 0 radical (unpaired) electrons. The number of aryl methyl sites for hydroxylation is 1. The summed E-state index contributed by atoms with van der Waals surface area (Å²) in [4.78, 5) is 15.4. The Hall–Kier alpha value is -2.97. The first-order valence-corrected chi connectivity index (χ1v) is 8.88. The SMILES string of the molecule is Cc1ccccc1-c1csc(NC(=S)Nc2ccc(C(=O)O)c(O)c2)n1. The second-order valence-electron chi connectivity index (χ2n) is 5.47. The summed E-state index contributed by atoms with van der Waals surface area (Å²) in [6.07, 6.45) is 0. The van der Waals surface area contributed by atoms with E-state index < -0.39 is 5.97 Å². The summed E-state index contributed by atoms with van der Waals surface area (Å²) in [7, 11) is 0. The topological polar surface area (TPSA) is 94.5 Å². The van der Waals surface area contributed by atoms with E-state index in [-0.39, 0.29) is 16.4 Å². The normalized spacial score (nSPS) is 10.3. The Morgan fingerprint density at radius 3 is 2.65 bits per heavy atom. The van der Waals surface area contributed by atoms with E-state index in [4.69, 9.17) is 17.3 Å². The Kier molecular flexibility index (Phi) is 5.15. The number of carboxylic acid groups (broad SMARTS) is 1. The van der Waals surface area contributed by atoms with Crippen LogP contribution in [0.4, 0.5) is 10.8 Å². The zero-order valence-corrected chi connectivity index (χ0v) is 15.3. The summed E-state index contributed by atoms with van der Waals surface area (Å²) in [6, 6.07) is 12.1. The molecule has 3 aromatic rings. The second-order valence-corrected chi connectivity index (χ2v) is 6.74. The van der Waals surface area contributed by atoms with Crippen molar-refractivity contribution in [2.24, 2.45) is 0 Å². The molecule has 4 N–H and O–H groups in total. The van der Waals surface area contributed by atoms with Crippen LogP contribution in [0.5, 0.6) is 5.75 Å². The summed E-state index contributed by atoms with van der Waals surface area (Å²) in [6.45, 7) is 2.03. The fourth-order valence-electron chi connectivity index (χ4n) is 2.36. The lowest BCUT2D eigenvalue weighted by molar-refractivity contribution is 0.0694. The molecular weight excluding hydrogens is 370 g/mol. The van der Waals surface area contributed by atoms with Gasteiger partial charge in [0.25, 0.3) is 0 Å². The van der Waals surface area contributed by atoms with Gasteiger partial charge in [-0.05, 0) is 36.8 Å². The van der Waals surface area contributed by atoms with Crippen LogP contribution in [-0.4, -0.2) is 26.3 Å². The molecule has 0 unspecified atom stereocenters. The molecule has 6 nitrogen and oxygen atoms in total. The van der Waals surface area contributed by atoms with Crippen LogP contribution in [0.2, 0.25) is 0 Å². The molecule has 0 aliphatic heterocycles. The zero-order valence-electron chi connectivity index (χ0n) is 13.7. The molecule has 0 aliphatic rings. The van der Waals surface area contributed by atoms with Crippen LogP contribution in [0.1, 0.15) is 15.9 Å². The fraction of sp³-hybridized carbons (Fsp3) is 0.0556. The lowest BCUT2D eigenvalue weighted by atomic mass is 10.1. The van der Waals surface area contributed by atoms with Gasteiger partial charge in [-0.25, -0.2) is 9.78 Å². The maximum atomic E-state index is 10.9. The van der Waals surface area contributed by atoms with Crippen molar-refractivity contribution < 1.29 is 15.0 Å². The molecule has 26 heavy (non-hydrogen) atoms. The first kappa shape index (κ1) is 17.8. The number of rotatable bonds is 4. The van der Waals surface area contributed by atoms with E-state index in [2.05, 4.69) is 15.6 Å². The van der Waals surface area contributed by atoms with E-state index in [1.165, 1.54) is 29.5 Å². The molecule has 0 saturated carbocycles. The quantitative estimate of drug-likeness (QED) is 0.497. The number of hydrogen-bond acceptors (Lipinski definition) is 5. The lowest BCUT2D eigenvalue weighted by Gasteiger charge is -2.09. The monoisotopic (exact) mass is 385 g/mol. The summed E-state index contributed by atoms with van der Waals surface area (Å²) in [5.41, 5.74) is 3.36. The number of carboxylic acids is 1. The summed E-state index contributed by atoms with van der Waals surface area (Å²) in [5.74, 6) is -1.53. The van der Waals surface area contributed by atoms with E-state index >= 15 is 0 Å². The van der Waals surface area contributed by atoms with Gasteiger partial charge in [-0.1, -0.05) is 24.3 Å². The van der Waals surface area contributed by atoms with Gasteiger partial charge in [0.05, 0.1) is 5.69 Å². The first-order valence-electron chi connectivity index (χ1n) is 7.60. The van der Waals surface area contributed by atoms with Crippen molar-refractivity contribution in [1.29, 1.82) is 0 Å². The van der Waals surface area contributed by atoms with Gasteiger partial charge in [-0.15, -0.1) is 11.3 Å². The molecule has 2 aromatic carbocycles. The van der Waals surface area contributed by atoms with Crippen LogP contribution in [0.3, 0.4) is 0 Å². The van der Waals surface area contributed by atoms with E-state index in [1.807, 2.05) is 36.6 Å². The van der Waals surface area contributed by atoms with E-state index in [0.717, 1.165) is 16.8 Å². The summed E-state index contributed by atoms with van der Waals surface area (Å²) >= 11 is 6.67. The Balaban J connectivity index is 1.69. The molecule has 0 bridgehead atoms. The van der Waals surface area contributed by atoms with Crippen LogP contribution in [0, 0.1) is 6.92 Å². The highest BCUT2D eigenvalue weighted by atomic mass is 32.1. The smallest absolute Gasteiger partial charge is 0.339 e. The number of nitrogens with one attached hydrogen (secondary N) is 2. The van der Waals surface area contributed by atoms with Crippen LogP contribution in [0.15, 0.2) is 47.8 Å². The predicted molar refractivity (Wildman–Crippen MR) is 107 cm³/mol. The average molecular weight is 385 g/mol. The number of aromatic carboxylic acids is 1. The minimum atomic E-state index is -1.19. The number of thiazole rings is 1. The minimum Gasteiger partial charge on any atom is -0.507 e. The zero-order chi connectivity index (χ0) is 18.7. The molecule has 3 rings (SSSR count). The highest BCUT2D eigenvalue weighted by Gasteiger charge is 2.11. The van der Waals surface area contributed by atoms with Gasteiger partial charge in [0.1, 0.15) is 11.3 Å². The van der Waals surface area contributed by atoms with Gasteiger partial charge in [0.2, 0.25) is 0 Å². The molecule has 0 saturated heterocycles. The molecule has 0 aliphatic carbocycles. The van der Waals surface area contributed by atoms with Crippen molar-refractivity contribution in [3.05, 3.63) is 59.0 Å². The molecule has 0 atom stereocenters. The number of carbonyl (C=O) groups is 1. The van der Waals surface area contributed by atoms with E-state index in [0.29, 0.717) is 10.8 Å². The number of benzene rings is 2. The molecule has 0 spiro atoms. The van der Waals surface area contributed by atoms with Gasteiger partial charge in [-0.3, -0.25) is 0 Å². The van der Waals surface area contributed by atoms with Crippen LogP contribution in [-0.2, 0) is 0 Å². The van der Waals surface area contributed by atoms with Gasteiger partial charge in [0, 0.05) is 22.7 Å². The van der Waals surface area contributed by atoms with Crippen LogP contribution < -0.4 is 10.6 Å². The van der Waals surface area contributed by atoms with Crippen molar-refractivity contribution in [3.8, 4) is 17.0 Å². The first-order chi connectivity index (χ1) is 12.4.